The van der Waals surface area contributed by atoms with Crippen LogP contribution in [0.15, 0.2) is 65.1 Å². The summed E-state index contributed by atoms with van der Waals surface area (Å²) >= 11 is 7.95. The molecule has 2 aromatic carbocycles. The number of ether oxygens (including phenoxy) is 2. The number of hydrazone groups is 1. The van der Waals surface area contributed by atoms with Crippen LogP contribution in [0, 0.1) is 0 Å². The summed E-state index contributed by atoms with van der Waals surface area (Å²) in [6, 6.07) is 18.1. The molecular formula is C21H17ClN2O2S. The minimum Gasteiger partial charge on any atom is -0.493 e. The third-order valence-corrected chi connectivity index (χ3v) is 6.09. The van der Waals surface area contributed by atoms with Crippen LogP contribution in [0.1, 0.15) is 34.7 Å². The molecular weight excluding hydrogens is 380 g/mol. The summed E-state index contributed by atoms with van der Waals surface area (Å²) in [6.45, 7) is 0. The Hall–Kier alpha value is -2.50. The second-order valence-corrected chi connectivity index (χ2v) is 7.91. The fraction of sp³-hybridized carbons (Fsp3) is 0.190. The van der Waals surface area contributed by atoms with E-state index in [-0.39, 0.29) is 12.3 Å². The molecule has 4 nitrogen and oxygen atoms in total. The van der Waals surface area contributed by atoms with E-state index in [0.717, 1.165) is 34.8 Å². The summed E-state index contributed by atoms with van der Waals surface area (Å²) < 4.78 is 12.0. The zero-order valence-corrected chi connectivity index (χ0v) is 16.2. The first-order valence-electron chi connectivity index (χ1n) is 8.73. The van der Waals surface area contributed by atoms with Crippen molar-refractivity contribution in [3.8, 4) is 11.5 Å². The third kappa shape index (κ3) is 2.78. The monoisotopic (exact) mass is 396 g/mol. The number of benzene rings is 2. The van der Waals surface area contributed by atoms with E-state index in [4.69, 9.17) is 26.2 Å². The molecule has 1 aromatic heterocycles. The Kier molecular flexibility index (Phi) is 4.06. The van der Waals surface area contributed by atoms with Gasteiger partial charge < -0.3 is 9.47 Å². The van der Waals surface area contributed by atoms with Crippen LogP contribution in [-0.2, 0) is 0 Å². The van der Waals surface area contributed by atoms with Crippen molar-refractivity contribution in [2.75, 3.05) is 7.11 Å². The SMILES string of the molecule is COc1cccc2c1O[C@H](c1cccc(Cl)c1)N1N=C(c3cccs3)C[C@H]21. The van der Waals surface area contributed by atoms with Gasteiger partial charge in [0.15, 0.2) is 11.5 Å². The van der Waals surface area contributed by atoms with E-state index in [1.807, 2.05) is 36.4 Å². The maximum absolute atomic E-state index is 6.41. The summed E-state index contributed by atoms with van der Waals surface area (Å²) in [5.41, 5.74) is 3.16. The van der Waals surface area contributed by atoms with Gasteiger partial charge in [0.05, 0.1) is 23.7 Å². The lowest BCUT2D eigenvalue weighted by atomic mass is 9.97. The Morgan fingerprint density at radius 2 is 2.07 bits per heavy atom. The Labute approximate surface area is 166 Å². The van der Waals surface area contributed by atoms with Crippen molar-refractivity contribution in [1.29, 1.82) is 0 Å². The molecule has 0 spiro atoms. The van der Waals surface area contributed by atoms with Crippen molar-refractivity contribution in [1.82, 2.24) is 5.01 Å². The lowest BCUT2D eigenvalue weighted by Gasteiger charge is -2.38. The number of hydrogen-bond acceptors (Lipinski definition) is 5. The summed E-state index contributed by atoms with van der Waals surface area (Å²) in [5.74, 6) is 1.53. The fourth-order valence-corrected chi connectivity index (χ4v) is 4.64. The maximum Gasteiger partial charge on any atom is 0.214 e. The van der Waals surface area contributed by atoms with Crippen LogP contribution >= 0.6 is 22.9 Å². The topological polar surface area (TPSA) is 34.1 Å². The van der Waals surface area contributed by atoms with Crippen molar-refractivity contribution in [2.45, 2.75) is 18.7 Å². The van der Waals surface area contributed by atoms with Gasteiger partial charge in [0.1, 0.15) is 0 Å². The smallest absolute Gasteiger partial charge is 0.214 e. The Morgan fingerprint density at radius 3 is 2.85 bits per heavy atom. The van der Waals surface area contributed by atoms with Gasteiger partial charge in [0.2, 0.25) is 6.23 Å². The normalized spacial score (nSPS) is 20.5. The summed E-state index contributed by atoms with van der Waals surface area (Å²) in [7, 11) is 1.67. The lowest BCUT2D eigenvalue weighted by Crippen LogP contribution is -2.33. The predicted molar refractivity (Wildman–Crippen MR) is 108 cm³/mol. The van der Waals surface area contributed by atoms with E-state index in [2.05, 4.69) is 28.6 Å². The average Bonchev–Trinajstić information content (AvgIpc) is 3.36. The molecule has 0 N–H and O–H groups in total. The molecule has 0 aliphatic carbocycles. The minimum atomic E-state index is -0.352. The molecule has 136 valence electrons. The molecule has 5 rings (SSSR count). The molecule has 3 aromatic rings. The Balaban J connectivity index is 1.64. The molecule has 0 bridgehead atoms. The predicted octanol–water partition coefficient (Wildman–Crippen LogP) is 5.65. The highest BCUT2D eigenvalue weighted by atomic mass is 35.5. The van der Waals surface area contributed by atoms with Gasteiger partial charge >= 0.3 is 0 Å². The summed E-state index contributed by atoms with van der Waals surface area (Å²) in [4.78, 5) is 1.19. The van der Waals surface area contributed by atoms with Gasteiger partial charge in [-0.25, -0.2) is 5.01 Å². The average molecular weight is 397 g/mol. The van der Waals surface area contributed by atoms with E-state index in [1.54, 1.807) is 18.4 Å². The van der Waals surface area contributed by atoms with Crippen LogP contribution in [0.4, 0.5) is 0 Å². The van der Waals surface area contributed by atoms with Crippen LogP contribution in [0.25, 0.3) is 0 Å². The second-order valence-electron chi connectivity index (χ2n) is 6.53. The zero-order chi connectivity index (χ0) is 18.4. The first-order chi connectivity index (χ1) is 13.2. The number of para-hydroxylation sites is 1. The van der Waals surface area contributed by atoms with Crippen molar-refractivity contribution in [3.63, 3.8) is 0 Å². The van der Waals surface area contributed by atoms with Crippen molar-refractivity contribution in [2.24, 2.45) is 5.10 Å². The van der Waals surface area contributed by atoms with E-state index in [1.165, 1.54) is 4.88 Å². The molecule has 2 aliphatic rings. The van der Waals surface area contributed by atoms with E-state index in [0.29, 0.717) is 5.02 Å². The second kappa shape index (κ2) is 6.59. The van der Waals surface area contributed by atoms with Gasteiger partial charge in [-0.15, -0.1) is 11.3 Å². The Bertz CT molecular complexity index is 1020. The molecule has 0 unspecified atom stereocenters. The van der Waals surface area contributed by atoms with Crippen molar-refractivity contribution in [3.05, 3.63) is 81.0 Å². The molecule has 0 saturated carbocycles. The highest BCUT2D eigenvalue weighted by molar-refractivity contribution is 7.12. The number of nitrogens with zero attached hydrogens (tertiary/aromatic N) is 2. The number of hydrogen-bond donors (Lipinski definition) is 0. The highest BCUT2D eigenvalue weighted by Gasteiger charge is 2.42. The number of thiophene rings is 1. The number of rotatable bonds is 3. The first kappa shape index (κ1) is 16.7. The molecule has 2 atom stereocenters. The summed E-state index contributed by atoms with van der Waals surface area (Å²) in [5, 5.41) is 9.77. The minimum absolute atomic E-state index is 0.102. The third-order valence-electron chi connectivity index (χ3n) is 4.94. The largest absolute Gasteiger partial charge is 0.493 e. The first-order valence-corrected chi connectivity index (χ1v) is 9.99. The van der Waals surface area contributed by atoms with Gasteiger partial charge in [-0.1, -0.05) is 41.9 Å². The van der Waals surface area contributed by atoms with Crippen LogP contribution in [0.5, 0.6) is 11.5 Å². The number of fused-ring (bicyclic) bond motifs is 3. The Morgan fingerprint density at radius 1 is 1.19 bits per heavy atom. The molecule has 6 heteroatoms. The van der Waals surface area contributed by atoms with Crippen molar-refractivity contribution < 1.29 is 9.47 Å². The summed E-state index contributed by atoms with van der Waals surface area (Å²) in [6.07, 6.45) is 0.483. The van der Waals surface area contributed by atoms with Gasteiger partial charge in [0, 0.05) is 22.6 Å². The number of methoxy groups -OCH3 is 1. The molecule has 0 amide bonds. The standard InChI is InChI=1S/C21H17ClN2O2S/c1-25-18-8-3-7-15-17-12-16(19-9-4-10-27-19)23-24(17)21(26-20(15)18)13-5-2-6-14(22)11-13/h2-11,17,21H,12H2,1H3/t17-,21-/m1/s1. The molecule has 0 fully saturated rings. The van der Waals surface area contributed by atoms with E-state index < -0.39 is 0 Å². The molecule has 0 saturated heterocycles. The quantitative estimate of drug-likeness (QED) is 0.573. The van der Waals surface area contributed by atoms with Crippen LogP contribution in [0.3, 0.4) is 0 Å². The van der Waals surface area contributed by atoms with Crippen molar-refractivity contribution >= 4 is 28.6 Å². The molecule has 2 aliphatic heterocycles. The molecule has 27 heavy (non-hydrogen) atoms. The molecule has 0 radical (unpaired) electrons. The van der Waals surface area contributed by atoms with Crippen LogP contribution in [0.2, 0.25) is 5.02 Å². The van der Waals surface area contributed by atoms with Gasteiger partial charge in [0.25, 0.3) is 0 Å². The zero-order valence-electron chi connectivity index (χ0n) is 14.6. The van der Waals surface area contributed by atoms with E-state index >= 15 is 0 Å². The van der Waals surface area contributed by atoms with Crippen LogP contribution < -0.4 is 9.47 Å². The van der Waals surface area contributed by atoms with Gasteiger partial charge in [-0.2, -0.15) is 5.10 Å². The van der Waals surface area contributed by atoms with E-state index in [9.17, 15) is 0 Å². The maximum atomic E-state index is 6.41. The fourth-order valence-electron chi connectivity index (χ4n) is 3.72. The highest BCUT2D eigenvalue weighted by Crippen LogP contribution is 2.50. The lowest BCUT2D eigenvalue weighted by molar-refractivity contribution is -0.0208. The molecule has 3 heterocycles. The van der Waals surface area contributed by atoms with Gasteiger partial charge in [-0.05, 0) is 29.6 Å². The van der Waals surface area contributed by atoms with Gasteiger partial charge in [-0.3, -0.25) is 0 Å². The van der Waals surface area contributed by atoms with Crippen LogP contribution in [-0.4, -0.2) is 17.8 Å². The number of halogens is 1.